The van der Waals surface area contributed by atoms with Crippen LogP contribution in [-0.4, -0.2) is 27.1 Å². The number of carboxylic acids is 2. The maximum atomic E-state index is 10.9. The van der Waals surface area contributed by atoms with Gasteiger partial charge in [-0.15, -0.1) is 0 Å². The number of hydrogen-bond acceptors (Lipinski definition) is 4. The fourth-order valence-corrected chi connectivity index (χ4v) is 1.78. The molecule has 0 saturated heterocycles. The fraction of sp³-hybridized carbons (Fsp3) is 0. The second-order valence-electron chi connectivity index (χ2n) is 3.41. The second kappa shape index (κ2) is 4.91. The standard InChI is InChI=1S/C11H5Cl2NO5/c12-5-3-1-2-4(6(5)13)9-14-7(10(15)16)8(19-9)11(17)18/h1-3H,(H,15,16)(H,17,18). The van der Waals surface area contributed by atoms with Crippen molar-refractivity contribution in [1.82, 2.24) is 4.98 Å². The van der Waals surface area contributed by atoms with Gasteiger partial charge in [0.15, 0.2) is 0 Å². The number of carboxylic acid groups (broad SMARTS) is 2. The van der Waals surface area contributed by atoms with Gasteiger partial charge in [-0.3, -0.25) is 0 Å². The molecule has 1 aromatic heterocycles. The van der Waals surface area contributed by atoms with Crippen LogP contribution in [0.15, 0.2) is 22.6 Å². The topological polar surface area (TPSA) is 101 Å². The number of aromatic nitrogens is 1. The molecule has 0 amide bonds. The van der Waals surface area contributed by atoms with Gasteiger partial charge in [0.05, 0.1) is 15.6 Å². The van der Waals surface area contributed by atoms with Gasteiger partial charge in [-0.05, 0) is 12.1 Å². The molecule has 2 N–H and O–H groups in total. The van der Waals surface area contributed by atoms with Gasteiger partial charge < -0.3 is 14.6 Å². The van der Waals surface area contributed by atoms with Gasteiger partial charge in [0.25, 0.3) is 0 Å². The lowest BCUT2D eigenvalue weighted by molar-refractivity contribution is 0.0624. The Morgan fingerprint density at radius 2 is 1.84 bits per heavy atom. The molecular weight excluding hydrogens is 297 g/mol. The van der Waals surface area contributed by atoms with E-state index in [0.717, 1.165) is 0 Å². The Bertz CT molecular complexity index is 648. The predicted molar refractivity (Wildman–Crippen MR) is 65.9 cm³/mol. The summed E-state index contributed by atoms with van der Waals surface area (Å²) in [6.45, 7) is 0. The molecule has 1 aromatic carbocycles. The first-order chi connectivity index (χ1) is 8.91. The Labute approximate surface area is 116 Å². The second-order valence-corrected chi connectivity index (χ2v) is 4.19. The predicted octanol–water partition coefficient (Wildman–Crippen LogP) is 3.04. The molecule has 2 rings (SSSR count). The zero-order valence-corrected chi connectivity index (χ0v) is 10.6. The van der Waals surface area contributed by atoms with E-state index in [-0.39, 0.29) is 21.5 Å². The summed E-state index contributed by atoms with van der Waals surface area (Å²) >= 11 is 11.7. The Balaban J connectivity index is 2.64. The summed E-state index contributed by atoms with van der Waals surface area (Å²) in [5, 5.41) is 18.0. The molecule has 6 nitrogen and oxygen atoms in total. The van der Waals surface area contributed by atoms with Gasteiger partial charge in [0.1, 0.15) is 0 Å². The van der Waals surface area contributed by atoms with Crippen LogP contribution in [0.3, 0.4) is 0 Å². The number of benzene rings is 1. The van der Waals surface area contributed by atoms with Crippen LogP contribution in [0.25, 0.3) is 11.5 Å². The fourth-order valence-electron chi connectivity index (χ4n) is 1.39. The van der Waals surface area contributed by atoms with E-state index in [1.165, 1.54) is 12.1 Å². The lowest BCUT2D eigenvalue weighted by atomic mass is 10.2. The van der Waals surface area contributed by atoms with Gasteiger partial charge in [0.2, 0.25) is 17.3 Å². The first-order valence-electron chi connectivity index (χ1n) is 4.83. The Morgan fingerprint density at radius 1 is 1.16 bits per heavy atom. The molecule has 0 radical (unpaired) electrons. The molecule has 98 valence electrons. The molecule has 2 aromatic rings. The number of aromatic carboxylic acids is 2. The maximum Gasteiger partial charge on any atom is 0.374 e. The van der Waals surface area contributed by atoms with Gasteiger partial charge in [-0.2, -0.15) is 0 Å². The first-order valence-corrected chi connectivity index (χ1v) is 5.59. The van der Waals surface area contributed by atoms with Crippen LogP contribution in [0.4, 0.5) is 0 Å². The third-order valence-electron chi connectivity index (χ3n) is 2.21. The van der Waals surface area contributed by atoms with E-state index in [1.807, 2.05) is 0 Å². The highest BCUT2D eigenvalue weighted by Crippen LogP contribution is 2.33. The highest BCUT2D eigenvalue weighted by atomic mass is 35.5. The third kappa shape index (κ3) is 2.40. The summed E-state index contributed by atoms with van der Waals surface area (Å²) in [6, 6.07) is 4.55. The van der Waals surface area contributed by atoms with E-state index < -0.39 is 23.4 Å². The normalized spacial score (nSPS) is 10.4. The average molecular weight is 302 g/mol. The van der Waals surface area contributed by atoms with E-state index in [4.69, 9.17) is 37.8 Å². The zero-order valence-electron chi connectivity index (χ0n) is 9.05. The lowest BCUT2D eigenvalue weighted by Gasteiger charge is -2.00. The van der Waals surface area contributed by atoms with Crippen molar-refractivity contribution in [3.05, 3.63) is 39.7 Å². The molecule has 0 spiro atoms. The number of rotatable bonds is 3. The summed E-state index contributed by atoms with van der Waals surface area (Å²) in [5.74, 6) is -4.03. The summed E-state index contributed by atoms with van der Waals surface area (Å²) in [6.07, 6.45) is 0. The number of oxazole rings is 1. The molecule has 0 aliphatic rings. The van der Waals surface area contributed by atoms with Gasteiger partial charge in [-0.1, -0.05) is 29.3 Å². The molecule has 0 aliphatic carbocycles. The summed E-state index contributed by atoms with van der Waals surface area (Å²) in [5.41, 5.74) is -0.484. The number of hydrogen-bond donors (Lipinski definition) is 2. The van der Waals surface area contributed by atoms with Crippen LogP contribution in [0, 0.1) is 0 Å². The van der Waals surface area contributed by atoms with E-state index in [0.29, 0.717) is 0 Å². The zero-order chi connectivity index (χ0) is 14.2. The highest BCUT2D eigenvalue weighted by Gasteiger charge is 2.26. The Morgan fingerprint density at radius 3 is 2.37 bits per heavy atom. The summed E-state index contributed by atoms with van der Waals surface area (Å²) < 4.78 is 4.92. The molecule has 0 unspecified atom stereocenters. The number of nitrogens with zero attached hydrogens (tertiary/aromatic N) is 1. The van der Waals surface area contributed by atoms with Crippen molar-refractivity contribution in [1.29, 1.82) is 0 Å². The van der Waals surface area contributed by atoms with E-state index in [1.54, 1.807) is 6.07 Å². The minimum atomic E-state index is -1.53. The molecular formula is C11H5Cl2NO5. The number of carbonyl (C=O) groups is 2. The summed E-state index contributed by atoms with van der Waals surface area (Å²) in [7, 11) is 0. The smallest absolute Gasteiger partial charge is 0.374 e. The molecule has 0 saturated carbocycles. The minimum absolute atomic E-state index is 0.0966. The van der Waals surface area contributed by atoms with Crippen LogP contribution in [0.5, 0.6) is 0 Å². The van der Waals surface area contributed by atoms with Crippen molar-refractivity contribution in [2.75, 3.05) is 0 Å². The highest BCUT2D eigenvalue weighted by molar-refractivity contribution is 6.43. The van der Waals surface area contributed by atoms with Crippen molar-refractivity contribution in [2.45, 2.75) is 0 Å². The maximum absolute atomic E-state index is 10.9. The average Bonchev–Trinajstić information content (AvgIpc) is 2.77. The Hall–Kier alpha value is -2.05. The van der Waals surface area contributed by atoms with Gasteiger partial charge >= 0.3 is 11.9 Å². The van der Waals surface area contributed by atoms with Crippen LogP contribution in [0.1, 0.15) is 21.0 Å². The lowest BCUT2D eigenvalue weighted by Crippen LogP contribution is -2.05. The molecule has 0 fully saturated rings. The first kappa shape index (κ1) is 13.4. The van der Waals surface area contributed by atoms with Crippen molar-refractivity contribution >= 4 is 35.1 Å². The van der Waals surface area contributed by atoms with Crippen molar-refractivity contribution < 1.29 is 24.2 Å². The van der Waals surface area contributed by atoms with E-state index in [2.05, 4.69) is 4.98 Å². The van der Waals surface area contributed by atoms with Crippen molar-refractivity contribution in [3.8, 4) is 11.5 Å². The van der Waals surface area contributed by atoms with Crippen LogP contribution in [-0.2, 0) is 0 Å². The van der Waals surface area contributed by atoms with Gasteiger partial charge in [-0.25, -0.2) is 14.6 Å². The van der Waals surface area contributed by atoms with Crippen LogP contribution in [0.2, 0.25) is 10.0 Å². The molecule has 8 heteroatoms. The largest absolute Gasteiger partial charge is 0.476 e. The summed E-state index contributed by atoms with van der Waals surface area (Å²) in [4.78, 5) is 25.4. The monoisotopic (exact) mass is 301 g/mol. The SMILES string of the molecule is O=C(O)c1nc(-c2cccc(Cl)c2Cl)oc1C(=O)O. The third-order valence-corrected chi connectivity index (χ3v) is 3.02. The van der Waals surface area contributed by atoms with Crippen LogP contribution >= 0.6 is 23.2 Å². The molecule has 19 heavy (non-hydrogen) atoms. The molecule has 0 aliphatic heterocycles. The Kier molecular flexibility index (Phi) is 3.46. The molecule has 0 bridgehead atoms. The minimum Gasteiger partial charge on any atom is -0.476 e. The van der Waals surface area contributed by atoms with Crippen molar-refractivity contribution in [2.24, 2.45) is 0 Å². The van der Waals surface area contributed by atoms with Crippen molar-refractivity contribution in [3.63, 3.8) is 0 Å². The van der Waals surface area contributed by atoms with E-state index in [9.17, 15) is 9.59 Å². The quantitative estimate of drug-likeness (QED) is 0.903. The molecule has 1 heterocycles. The number of halogens is 2. The van der Waals surface area contributed by atoms with Gasteiger partial charge in [0, 0.05) is 0 Å². The van der Waals surface area contributed by atoms with E-state index >= 15 is 0 Å². The molecule has 0 atom stereocenters. The van der Waals surface area contributed by atoms with Crippen LogP contribution < -0.4 is 0 Å².